The highest BCUT2D eigenvalue weighted by Crippen LogP contribution is 2.40. The molecule has 184 valence electrons. The lowest BCUT2D eigenvalue weighted by Crippen LogP contribution is -2.26. The number of hydrogen-bond acceptors (Lipinski definition) is 2. The van der Waals surface area contributed by atoms with Gasteiger partial charge in [-0.1, -0.05) is 38.7 Å². The lowest BCUT2D eigenvalue weighted by atomic mass is 9.73. The fourth-order valence-electron chi connectivity index (χ4n) is 5.41. The molecule has 0 spiro atoms. The molecule has 2 nitrogen and oxygen atoms in total. The lowest BCUT2D eigenvalue weighted by Gasteiger charge is -2.35. The first kappa shape index (κ1) is 24.6. The van der Waals surface area contributed by atoms with Crippen molar-refractivity contribution in [1.29, 1.82) is 0 Å². The average molecular weight is 477 g/mol. The van der Waals surface area contributed by atoms with Gasteiger partial charge in [0.25, 0.3) is 0 Å². The van der Waals surface area contributed by atoms with E-state index >= 15 is 0 Å². The van der Waals surface area contributed by atoms with Crippen LogP contribution in [0, 0.1) is 41.0 Å². The van der Waals surface area contributed by atoms with Crippen LogP contribution >= 0.6 is 0 Å². The van der Waals surface area contributed by atoms with Gasteiger partial charge in [-0.3, -0.25) is 0 Å². The fraction of sp³-hybridized carbons (Fsp3) is 0.500. The van der Waals surface area contributed by atoms with Crippen molar-refractivity contribution >= 4 is 5.76 Å². The molecule has 1 aliphatic heterocycles. The van der Waals surface area contributed by atoms with Gasteiger partial charge in [0.15, 0.2) is 23.2 Å². The molecule has 2 aliphatic rings. The molecule has 4 rings (SSSR count). The minimum Gasteiger partial charge on any atom is -0.493 e. The molecule has 1 fully saturated rings. The Balaban J connectivity index is 1.50. The van der Waals surface area contributed by atoms with Crippen molar-refractivity contribution in [2.75, 3.05) is 13.2 Å². The first-order valence-electron chi connectivity index (χ1n) is 12.4. The van der Waals surface area contributed by atoms with Gasteiger partial charge in [-0.15, -0.1) is 0 Å². The van der Waals surface area contributed by atoms with Gasteiger partial charge in [-0.25, -0.2) is 13.2 Å². The third-order valence-corrected chi connectivity index (χ3v) is 7.30. The highest BCUT2D eigenvalue weighted by Gasteiger charge is 2.30. The second-order valence-corrected chi connectivity index (χ2v) is 9.41. The van der Waals surface area contributed by atoms with E-state index in [0.717, 1.165) is 12.3 Å². The molecule has 2 aromatic carbocycles. The summed E-state index contributed by atoms with van der Waals surface area (Å²) in [6.07, 6.45) is 10.0. The zero-order valence-corrected chi connectivity index (χ0v) is 19.8. The SMILES string of the molecule is CCCC1CCC(C2CC=C(c3ccc(-c4ccc(OCC)c(F)c4F)c(F)c3F)OC2)CC1. The standard InChI is InChI=1S/C28H32F4O2/c1-3-5-17-6-8-18(9-7-17)19-10-14-23(34-16-19)22-12-11-20(25(29)27(22)31)21-13-15-24(33-4-2)28(32)26(21)30/h11-15,17-19H,3-10,16H2,1-2H3. The molecule has 1 atom stereocenters. The predicted octanol–water partition coefficient (Wildman–Crippen LogP) is 8.29. The molecule has 1 heterocycles. The van der Waals surface area contributed by atoms with Gasteiger partial charge in [0.2, 0.25) is 5.82 Å². The van der Waals surface area contributed by atoms with Crippen molar-refractivity contribution < 1.29 is 27.0 Å². The maximum atomic E-state index is 15.0. The summed E-state index contributed by atoms with van der Waals surface area (Å²) in [4.78, 5) is 0. The van der Waals surface area contributed by atoms with E-state index in [2.05, 4.69) is 6.92 Å². The third-order valence-electron chi connectivity index (χ3n) is 7.30. The van der Waals surface area contributed by atoms with E-state index in [9.17, 15) is 17.6 Å². The van der Waals surface area contributed by atoms with Crippen molar-refractivity contribution in [2.24, 2.45) is 17.8 Å². The largest absolute Gasteiger partial charge is 0.493 e. The minimum atomic E-state index is -1.28. The van der Waals surface area contributed by atoms with Gasteiger partial charge in [0.1, 0.15) is 5.76 Å². The quantitative estimate of drug-likeness (QED) is 0.374. The Labute approximate surface area is 199 Å². The number of benzene rings is 2. The van der Waals surface area contributed by atoms with Crippen LogP contribution in [-0.2, 0) is 4.74 Å². The van der Waals surface area contributed by atoms with Crippen LogP contribution in [0.2, 0.25) is 0 Å². The van der Waals surface area contributed by atoms with Crippen LogP contribution in [0.25, 0.3) is 16.9 Å². The molecule has 0 aromatic heterocycles. The molecule has 1 unspecified atom stereocenters. The maximum Gasteiger partial charge on any atom is 0.201 e. The molecule has 34 heavy (non-hydrogen) atoms. The minimum absolute atomic E-state index is 0.00169. The molecule has 1 aliphatic carbocycles. The Morgan fingerprint density at radius 3 is 2.03 bits per heavy atom. The van der Waals surface area contributed by atoms with E-state index in [1.54, 1.807) is 6.92 Å². The van der Waals surface area contributed by atoms with E-state index in [4.69, 9.17) is 9.47 Å². The van der Waals surface area contributed by atoms with Crippen molar-refractivity contribution in [1.82, 2.24) is 0 Å². The Morgan fingerprint density at radius 1 is 0.794 bits per heavy atom. The number of ether oxygens (including phenoxy) is 2. The summed E-state index contributed by atoms with van der Waals surface area (Å²) in [5, 5.41) is 0. The molecular formula is C28H32F4O2. The van der Waals surface area contributed by atoms with Crippen molar-refractivity contribution in [2.45, 2.75) is 58.8 Å². The van der Waals surface area contributed by atoms with Gasteiger partial charge < -0.3 is 9.47 Å². The second-order valence-electron chi connectivity index (χ2n) is 9.41. The molecule has 0 radical (unpaired) electrons. The Morgan fingerprint density at radius 2 is 1.41 bits per heavy atom. The van der Waals surface area contributed by atoms with Crippen LogP contribution in [0.15, 0.2) is 30.3 Å². The van der Waals surface area contributed by atoms with Crippen molar-refractivity contribution in [3.05, 3.63) is 59.2 Å². The first-order chi connectivity index (χ1) is 16.4. The molecule has 0 bridgehead atoms. The molecule has 2 aromatic rings. The summed E-state index contributed by atoms with van der Waals surface area (Å²) >= 11 is 0. The third kappa shape index (κ3) is 4.96. The summed E-state index contributed by atoms with van der Waals surface area (Å²) in [5.41, 5.74) is -0.710. The summed E-state index contributed by atoms with van der Waals surface area (Å²) in [6, 6.07) is 5.03. The van der Waals surface area contributed by atoms with Crippen molar-refractivity contribution in [3.63, 3.8) is 0 Å². The smallest absolute Gasteiger partial charge is 0.201 e. The Bertz CT molecular complexity index is 1040. The van der Waals surface area contributed by atoms with E-state index in [1.165, 1.54) is 62.8 Å². The van der Waals surface area contributed by atoms with Crippen LogP contribution < -0.4 is 4.74 Å². The number of hydrogen-bond donors (Lipinski definition) is 0. The number of allylic oxidation sites excluding steroid dienone is 1. The first-order valence-corrected chi connectivity index (χ1v) is 12.4. The topological polar surface area (TPSA) is 18.5 Å². The van der Waals surface area contributed by atoms with Gasteiger partial charge in [0, 0.05) is 11.1 Å². The van der Waals surface area contributed by atoms with Crippen LogP contribution in [0.3, 0.4) is 0 Å². The van der Waals surface area contributed by atoms with E-state index in [-0.39, 0.29) is 29.0 Å². The molecule has 0 amide bonds. The lowest BCUT2D eigenvalue weighted by molar-refractivity contribution is 0.117. The molecule has 6 heteroatoms. The van der Waals surface area contributed by atoms with E-state index in [0.29, 0.717) is 24.2 Å². The van der Waals surface area contributed by atoms with E-state index in [1.807, 2.05) is 6.08 Å². The van der Waals surface area contributed by atoms with Crippen LogP contribution in [0.4, 0.5) is 17.6 Å². The normalized spacial score (nSPS) is 22.8. The van der Waals surface area contributed by atoms with Crippen molar-refractivity contribution in [3.8, 4) is 16.9 Å². The zero-order valence-electron chi connectivity index (χ0n) is 19.8. The van der Waals surface area contributed by atoms with Crippen LogP contribution in [0.5, 0.6) is 5.75 Å². The highest BCUT2D eigenvalue weighted by atomic mass is 19.2. The average Bonchev–Trinajstić information content (AvgIpc) is 2.85. The second kappa shape index (κ2) is 10.8. The maximum absolute atomic E-state index is 15.0. The summed E-state index contributed by atoms with van der Waals surface area (Å²) in [5.74, 6) is -3.00. The Kier molecular flexibility index (Phi) is 7.84. The monoisotopic (exact) mass is 476 g/mol. The van der Waals surface area contributed by atoms with Gasteiger partial charge in [-0.05, 0) is 68.2 Å². The zero-order chi connectivity index (χ0) is 24.2. The molecule has 1 saturated carbocycles. The van der Waals surface area contributed by atoms with E-state index < -0.39 is 23.3 Å². The van der Waals surface area contributed by atoms with Crippen LogP contribution in [-0.4, -0.2) is 13.2 Å². The summed E-state index contributed by atoms with van der Waals surface area (Å²) < 4.78 is 69.6. The Hall–Kier alpha value is -2.50. The molecule has 0 saturated heterocycles. The molecular weight excluding hydrogens is 444 g/mol. The van der Waals surface area contributed by atoms with Crippen LogP contribution in [0.1, 0.15) is 64.4 Å². The molecule has 0 N–H and O–H groups in total. The fourth-order valence-corrected chi connectivity index (χ4v) is 5.41. The van der Waals surface area contributed by atoms with Gasteiger partial charge in [0.05, 0.1) is 18.8 Å². The highest BCUT2D eigenvalue weighted by molar-refractivity contribution is 5.70. The summed E-state index contributed by atoms with van der Waals surface area (Å²) in [6.45, 7) is 4.51. The van der Waals surface area contributed by atoms with Gasteiger partial charge in [-0.2, -0.15) is 4.39 Å². The predicted molar refractivity (Wildman–Crippen MR) is 125 cm³/mol. The number of halogens is 4. The summed E-state index contributed by atoms with van der Waals surface area (Å²) in [7, 11) is 0. The van der Waals surface area contributed by atoms with Gasteiger partial charge >= 0.3 is 0 Å². The number of rotatable bonds is 7.